The molecular weight excluding hydrogens is 370 g/mol. The van der Waals surface area contributed by atoms with E-state index in [0.29, 0.717) is 17.3 Å². The molecule has 1 aromatic heterocycles. The van der Waals surface area contributed by atoms with Gasteiger partial charge < -0.3 is 9.84 Å². The first-order valence-electron chi connectivity index (χ1n) is 7.96. The fourth-order valence-electron chi connectivity index (χ4n) is 2.48. The predicted octanol–water partition coefficient (Wildman–Crippen LogP) is 2.51. The lowest BCUT2D eigenvalue weighted by molar-refractivity contribution is 0.414. The number of nitrogens with zero attached hydrogens (tertiary/aromatic N) is 2. The first kappa shape index (κ1) is 18.5. The third-order valence-electron chi connectivity index (χ3n) is 3.84. The van der Waals surface area contributed by atoms with E-state index < -0.39 is 17.1 Å². The Labute approximate surface area is 159 Å². The van der Waals surface area contributed by atoms with Crippen LogP contribution in [0.5, 0.6) is 11.6 Å². The summed E-state index contributed by atoms with van der Waals surface area (Å²) in [4.78, 5) is 30.6. The van der Waals surface area contributed by atoms with E-state index in [1.165, 1.54) is 12.3 Å². The van der Waals surface area contributed by atoms with Crippen LogP contribution in [0.15, 0.2) is 63.1 Å². The zero-order chi connectivity index (χ0) is 19.4. The molecule has 2 aromatic carbocycles. The maximum absolute atomic E-state index is 12.1. The third kappa shape index (κ3) is 4.09. The summed E-state index contributed by atoms with van der Waals surface area (Å²) in [5.41, 5.74) is -0.401. The summed E-state index contributed by atoms with van der Waals surface area (Å²) in [6.07, 6.45) is 1.24. The summed E-state index contributed by atoms with van der Waals surface area (Å²) in [6, 6.07) is 13.6. The SMILES string of the molecule is COc1ccc(CN=Cc2c(O)n(-c3cccc(Cl)c3)c(=O)[nH]c2=O)cc1. The van der Waals surface area contributed by atoms with Crippen molar-refractivity contribution in [2.24, 2.45) is 4.99 Å². The molecule has 0 unspecified atom stereocenters. The van der Waals surface area contributed by atoms with E-state index in [4.69, 9.17) is 16.3 Å². The Morgan fingerprint density at radius 2 is 1.96 bits per heavy atom. The molecule has 0 radical (unpaired) electrons. The van der Waals surface area contributed by atoms with Gasteiger partial charge >= 0.3 is 5.69 Å². The highest BCUT2D eigenvalue weighted by Gasteiger charge is 2.14. The van der Waals surface area contributed by atoms with E-state index in [-0.39, 0.29) is 5.56 Å². The largest absolute Gasteiger partial charge is 0.497 e. The van der Waals surface area contributed by atoms with Crippen molar-refractivity contribution >= 4 is 17.8 Å². The zero-order valence-electron chi connectivity index (χ0n) is 14.3. The monoisotopic (exact) mass is 385 g/mol. The Kier molecular flexibility index (Phi) is 5.42. The number of aromatic amines is 1. The number of H-pyrrole nitrogens is 1. The Morgan fingerprint density at radius 3 is 2.63 bits per heavy atom. The van der Waals surface area contributed by atoms with Gasteiger partial charge in [-0.15, -0.1) is 0 Å². The quantitative estimate of drug-likeness (QED) is 0.659. The van der Waals surface area contributed by atoms with Crippen molar-refractivity contribution < 1.29 is 9.84 Å². The first-order valence-corrected chi connectivity index (χ1v) is 8.34. The second-order valence-corrected chi connectivity index (χ2v) is 6.07. The lowest BCUT2D eigenvalue weighted by Gasteiger charge is -2.09. The number of hydrogen-bond acceptors (Lipinski definition) is 5. The average Bonchev–Trinajstić information content (AvgIpc) is 2.65. The van der Waals surface area contributed by atoms with E-state index in [0.717, 1.165) is 15.9 Å². The van der Waals surface area contributed by atoms with Gasteiger partial charge in [0, 0.05) is 11.2 Å². The molecule has 1 heterocycles. The fourth-order valence-corrected chi connectivity index (χ4v) is 2.67. The molecule has 0 saturated heterocycles. The van der Waals surface area contributed by atoms with E-state index in [1.807, 2.05) is 12.1 Å². The Hall–Kier alpha value is -3.32. The lowest BCUT2D eigenvalue weighted by Crippen LogP contribution is -2.31. The van der Waals surface area contributed by atoms with Gasteiger partial charge in [-0.2, -0.15) is 0 Å². The highest BCUT2D eigenvalue weighted by atomic mass is 35.5. The number of aromatic nitrogens is 2. The van der Waals surface area contributed by atoms with Crippen molar-refractivity contribution in [2.45, 2.75) is 6.54 Å². The van der Waals surface area contributed by atoms with Crippen molar-refractivity contribution in [1.29, 1.82) is 0 Å². The summed E-state index contributed by atoms with van der Waals surface area (Å²) in [6.45, 7) is 0.291. The standard InChI is InChI=1S/C19H16ClN3O4/c1-27-15-7-5-12(6-8-15)10-21-11-16-17(24)22-19(26)23(18(16)25)14-4-2-3-13(20)9-14/h2-9,11,25H,10H2,1H3,(H,22,24,26). The van der Waals surface area contributed by atoms with E-state index >= 15 is 0 Å². The molecule has 0 fully saturated rings. The molecule has 0 amide bonds. The zero-order valence-corrected chi connectivity index (χ0v) is 15.1. The highest BCUT2D eigenvalue weighted by molar-refractivity contribution is 6.30. The molecule has 138 valence electrons. The summed E-state index contributed by atoms with van der Waals surface area (Å²) in [5.74, 6) is 0.218. The van der Waals surface area contributed by atoms with Gasteiger partial charge in [0.15, 0.2) is 0 Å². The van der Waals surface area contributed by atoms with Gasteiger partial charge in [-0.1, -0.05) is 29.8 Å². The van der Waals surface area contributed by atoms with Crippen molar-refractivity contribution in [3.63, 3.8) is 0 Å². The predicted molar refractivity (Wildman–Crippen MR) is 104 cm³/mol. The molecule has 27 heavy (non-hydrogen) atoms. The summed E-state index contributed by atoms with van der Waals surface area (Å²) >= 11 is 5.94. The van der Waals surface area contributed by atoms with Crippen molar-refractivity contribution in [3.8, 4) is 17.3 Å². The van der Waals surface area contributed by atoms with Crippen LogP contribution in [0.3, 0.4) is 0 Å². The highest BCUT2D eigenvalue weighted by Crippen LogP contribution is 2.19. The van der Waals surface area contributed by atoms with Gasteiger partial charge in [0.25, 0.3) is 5.56 Å². The fraction of sp³-hybridized carbons (Fsp3) is 0.105. The van der Waals surface area contributed by atoms with Crippen LogP contribution in [-0.2, 0) is 6.54 Å². The molecule has 2 N–H and O–H groups in total. The molecule has 0 aliphatic carbocycles. The van der Waals surface area contributed by atoms with Crippen LogP contribution in [0, 0.1) is 0 Å². The number of benzene rings is 2. The molecule has 0 saturated carbocycles. The van der Waals surface area contributed by atoms with Crippen LogP contribution in [0.25, 0.3) is 5.69 Å². The molecule has 0 spiro atoms. The number of hydrogen-bond donors (Lipinski definition) is 2. The molecule has 3 aromatic rings. The molecule has 0 aliphatic rings. The minimum Gasteiger partial charge on any atom is -0.497 e. The van der Waals surface area contributed by atoms with Crippen molar-refractivity contribution in [1.82, 2.24) is 9.55 Å². The first-order chi connectivity index (χ1) is 13.0. The van der Waals surface area contributed by atoms with E-state index in [1.54, 1.807) is 37.4 Å². The summed E-state index contributed by atoms with van der Waals surface area (Å²) < 4.78 is 6.05. The van der Waals surface area contributed by atoms with Crippen LogP contribution < -0.4 is 16.0 Å². The lowest BCUT2D eigenvalue weighted by atomic mass is 10.2. The summed E-state index contributed by atoms with van der Waals surface area (Å²) in [7, 11) is 1.58. The van der Waals surface area contributed by atoms with Crippen LogP contribution in [0.1, 0.15) is 11.1 Å². The van der Waals surface area contributed by atoms with Crippen LogP contribution in [-0.4, -0.2) is 28.0 Å². The van der Waals surface area contributed by atoms with Gasteiger partial charge in [0.2, 0.25) is 5.88 Å². The number of methoxy groups -OCH3 is 1. The summed E-state index contributed by atoms with van der Waals surface area (Å²) in [5, 5.41) is 10.8. The molecular formula is C19H16ClN3O4. The molecule has 0 atom stereocenters. The van der Waals surface area contributed by atoms with Gasteiger partial charge in [-0.25, -0.2) is 9.36 Å². The number of ether oxygens (including phenoxy) is 1. The minimum absolute atomic E-state index is 0.122. The van der Waals surface area contributed by atoms with Crippen LogP contribution >= 0.6 is 11.6 Å². The molecule has 8 heteroatoms. The van der Waals surface area contributed by atoms with Crippen molar-refractivity contribution in [2.75, 3.05) is 7.11 Å². The Morgan fingerprint density at radius 1 is 1.22 bits per heavy atom. The number of aromatic hydroxyl groups is 1. The van der Waals surface area contributed by atoms with Gasteiger partial charge in [0.05, 0.1) is 19.3 Å². The molecule has 0 bridgehead atoms. The van der Waals surface area contributed by atoms with E-state index in [9.17, 15) is 14.7 Å². The average molecular weight is 386 g/mol. The normalized spacial score (nSPS) is 11.0. The number of halogens is 1. The maximum Gasteiger partial charge on any atom is 0.335 e. The van der Waals surface area contributed by atoms with Gasteiger partial charge in [-0.3, -0.25) is 14.8 Å². The second-order valence-electron chi connectivity index (χ2n) is 5.63. The van der Waals surface area contributed by atoms with Gasteiger partial charge in [0.1, 0.15) is 11.3 Å². The molecule has 7 nitrogen and oxygen atoms in total. The number of aliphatic imine (C=N–C) groups is 1. The minimum atomic E-state index is -0.771. The number of nitrogens with one attached hydrogen (secondary N) is 1. The third-order valence-corrected chi connectivity index (χ3v) is 4.08. The van der Waals surface area contributed by atoms with Crippen molar-refractivity contribution in [3.05, 3.63) is 85.5 Å². The van der Waals surface area contributed by atoms with Crippen LogP contribution in [0.4, 0.5) is 0 Å². The van der Waals surface area contributed by atoms with E-state index in [2.05, 4.69) is 9.98 Å². The Bertz CT molecular complexity index is 1100. The Balaban J connectivity index is 1.94. The maximum atomic E-state index is 12.1. The van der Waals surface area contributed by atoms with Crippen LogP contribution in [0.2, 0.25) is 5.02 Å². The second kappa shape index (κ2) is 7.92. The number of rotatable bonds is 5. The smallest absolute Gasteiger partial charge is 0.335 e. The molecule has 3 rings (SSSR count). The van der Waals surface area contributed by atoms with Gasteiger partial charge in [-0.05, 0) is 35.9 Å². The topological polar surface area (TPSA) is 96.7 Å². The molecule has 0 aliphatic heterocycles.